The second kappa shape index (κ2) is 4.33. The summed E-state index contributed by atoms with van der Waals surface area (Å²) in [5.74, 6) is 0.896. The third-order valence-electron chi connectivity index (χ3n) is 2.67. The van der Waals surface area contributed by atoms with Crippen LogP contribution >= 0.6 is 15.9 Å². The van der Waals surface area contributed by atoms with Crippen LogP contribution in [0.4, 0.5) is 5.69 Å². The third-order valence-corrected chi connectivity index (χ3v) is 3.17. The predicted octanol–water partition coefficient (Wildman–Crippen LogP) is 3.22. The lowest BCUT2D eigenvalue weighted by Gasteiger charge is -2.33. The highest BCUT2D eigenvalue weighted by atomic mass is 79.9. The van der Waals surface area contributed by atoms with E-state index in [0.29, 0.717) is 13.2 Å². The molecule has 1 aliphatic heterocycles. The molecule has 1 heterocycles. The second-order valence-corrected chi connectivity index (χ2v) is 6.08. The van der Waals surface area contributed by atoms with Crippen LogP contribution in [0.15, 0.2) is 22.7 Å². The van der Waals surface area contributed by atoms with Crippen LogP contribution in [0, 0.1) is 5.41 Å². The van der Waals surface area contributed by atoms with Gasteiger partial charge in [-0.05, 0) is 18.2 Å². The van der Waals surface area contributed by atoms with Gasteiger partial charge in [-0.3, -0.25) is 4.79 Å². The zero-order valence-corrected chi connectivity index (χ0v) is 11.9. The average Bonchev–Trinajstić information content (AvgIpc) is 2.25. The van der Waals surface area contributed by atoms with Crippen LogP contribution in [0.3, 0.4) is 0 Å². The Morgan fingerprint density at radius 2 is 2.12 bits per heavy atom. The molecule has 1 aromatic carbocycles. The van der Waals surface area contributed by atoms with Crippen molar-refractivity contribution in [3.8, 4) is 5.75 Å². The highest BCUT2D eigenvalue weighted by molar-refractivity contribution is 9.10. The first kappa shape index (κ1) is 12.4. The molecule has 0 fully saturated rings. The van der Waals surface area contributed by atoms with Crippen molar-refractivity contribution in [1.82, 2.24) is 0 Å². The van der Waals surface area contributed by atoms with Crippen molar-refractivity contribution >= 4 is 27.5 Å². The monoisotopic (exact) mass is 297 g/mol. The summed E-state index contributed by atoms with van der Waals surface area (Å²) in [6, 6.07) is 5.75. The van der Waals surface area contributed by atoms with Crippen molar-refractivity contribution < 1.29 is 9.53 Å². The number of ether oxygens (including phenoxy) is 1. The van der Waals surface area contributed by atoms with Crippen molar-refractivity contribution in [2.75, 3.05) is 18.1 Å². The van der Waals surface area contributed by atoms with Gasteiger partial charge in [0.1, 0.15) is 12.4 Å². The van der Waals surface area contributed by atoms with Crippen molar-refractivity contribution in [3.63, 3.8) is 0 Å². The zero-order valence-electron chi connectivity index (χ0n) is 10.3. The van der Waals surface area contributed by atoms with Crippen LogP contribution in [0.25, 0.3) is 0 Å². The Hall–Kier alpha value is -1.03. The first-order valence-electron chi connectivity index (χ1n) is 5.64. The van der Waals surface area contributed by atoms with Crippen molar-refractivity contribution in [3.05, 3.63) is 22.7 Å². The smallest absolute Gasteiger partial charge is 0.232 e. The molecule has 3 nitrogen and oxygen atoms in total. The molecule has 1 amide bonds. The van der Waals surface area contributed by atoms with E-state index < -0.39 is 0 Å². The Morgan fingerprint density at radius 1 is 1.41 bits per heavy atom. The number of hydrogen-bond acceptors (Lipinski definition) is 2. The summed E-state index contributed by atoms with van der Waals surface area (Å²) in [6.07, 6.45) is 0. The largest absolute Gasteiger partial charge is 0.489 e. The summed E-state index contributed by atoms with van der Waals surface area (Å²) in [5.41, 5.74) is 0.487. The maximum atomic E-state index is 12.3. The molecule has 2 rings (SSSR count). The number of carbonyl (C=O) groups excluding carboxylic acids is 1. The van der Waals surface area contributed by atoms with Gasteiger partial charge in [-0.2, -0.15) is 0 Å². The number of hydrogen-bond donors (Lipinski definition) is 0. The molecule has 1 aliphatic rings. The van der Waals surface area contributed by atoms with E-state index in [1.54, 1.807) is 0 Å². The van der Waals surface area contributed by atoms with Gasteiger partial charge >= 0.3 is 0 Å². The number of benzene rings is 1. The van der Waals surface area contributed by atoms with Gasteiger partial charge in [-0.1, -0.05) is 36.7 Å². The van der Waals surface area contributed by atoms with E-state index in [-0.39, 0.29) is 11.3 Å². The Morgan fingerprint density at radius 3 is 2.76 bits per heavy atom. The minimum atomic E-state index is -0.373. The fourth-order valence-electron chi connectivity index (χ4n) is 1.81. The Bertz CT molecular complexity index is 451. The van der Waals surface area contributed by atoms with Crippen molar-refractivity contribution in [1.29, 1.82) is 0 Å². The highest BCUT2D eigenvalue weighted by Crippen LogP contribution is 2.36. The van der Waals surface area contributed by atoms with Gasteiger partial charge in [0.25, 0.3) is 0 Å². The summed E-state index contributed by atoms with van der Waals surface area (Å²) >= 11 is 3.40. The van der Waals surface area contributed by atoms with Gasteiger partial charge in [0.05, 0.1) is 12.2 Å². The molecule has 1 aromatic rings. The topological polar surface area (TPSA) is 29.5 Å². The summed E-state index contributed by atoms with van der Waals surface area (Å²) in [6.45, 7) is 6.96. The number of amides is 1. The van der Waals surface area contributed by atoms with Gasteiger partial charge in [-0.15, -0.1) is 0 Å². The summed E-state index contributed by atoms with van der Waals surface area (Å²) in [4.78, 5) is 14.1. The second-order valence-electron chi connectivity index (χ2n) is 5.17. The molecule has 0 N–H and O–H groups in total. The van der Waals surface area contributed by atoms with Crippen LogP contribution in [-0.4, -0.2) is 19.1 Å². The fraction of sp³-hybridized carbons (Fsp3) is 0.462. The van der Waals surface area contributed by atoms with E-state index in [2.05, 4.69) is 15.9 Å². The molecule has 0 saturated carbocycles. The molecule has 0 unspecified atom stereocenters. The van der Waals surface area contributed by atoms with Crippen molar-refractivity contribution in [2.45, 2.75) is 20.8 Å². The Balaban J connectivity index is 2.39. The Labute approximate surface area is 110 Å². The molecule has 0 aliphatic carbocycles. The SMILES string of the molecule is CC(C)(C)C(=O)N1CCOc2cc(Br)ccc21. The van der Waals surface area contributed by atoms with E-state index in [1.165, 1.54) is 0 Å². The van der Waals surface area contributed by atoms with E-state index in [1.807, 2.05) is 43.9 Å². The number of carbonyl (C=O) groups is 1. The maximum absolute atomic E-state index is 12.3. The lowest BCUT2D eigenvalue weighted by Crippen LogP contribution is -2.44. The number of rotatable bonds is 0. The summed E-state index contributed by atoms with van der Waals surface area (Å²) in [7, 11) is 0. The molecule has 0 atom stereocenters. The lowest BCUT2D eigenvalue weighted by atomic mass is 9.94. The molecule has 0 radical (unpaired) electrons. The van der Waals surface area contributed by atoms with Crippen LogP contribution in [-0.2, 0) is 4.79 Å². The summed E-state index contributed by atoms with van der Waals surface area (Å²) < 4.78 is 6.53. The molecule has 0 aromatic heterocycles. The number of anilines is 1. The first-order chi connectivity index (χ1) is 7.89. The molecule has 0 spiro atoms. The quantitative estimate of drug-likeness (QED) is 0.736. The molecular formula is C13H16BrNO2. The van der Waals surface area contributed by atoms with E-state index in [4.69, 9.17) is 4.74 Å². The van der Waals surface area contributed by atoms with Crippen LogP contribution in [0.2, 0.25) is 0 Å². The van der Waals surface area contributed by atoms with Crippen molar-refractivity contribution in [2.24, 2.45) is 5.41 Å². The maximum Gasteiger partial charge on any atom is 0.232 e. The third kappa shape index (κ3) is 2.46. The minimum Gasteiger partial charge on any atom is -0.489 e. The highest BCUT2D eigenvalue weighted by Gasteiger charge is 2.31. The number of fused-ring (bicyclic) bond motifs is 1. The number of nitrogens with zero attached hydrogens (tertiary/aromatic N) is 1. The molecule has 4 heteroatoms. The predicted molar refractivity (Wildman–Crippen MR) is 71.4 cm³/mol. The fourth-order valence-corrected chi connectivity index (χ4v) is 2.15. The van der Waals surface area contributed by atoms with Gasteiger partial charge in [0.15, 0.2) is 0 Å². The number of halogens is 1. The van der Waals surface area contributed by atoms with Gasteiger partial charge < -0.3 is 9.64 Å². The van der Waals surface area contributed by atoms with Gasteiger partial charge in [0, 0.05) is 9.89 Å². The van der Waals surface area contributed by atoms with Crippen LogP contribution in [0.1, 0.15) is 20.8 Å². The van der Waals surface area contributed by atoms with E-state index in [0.717, 1.165) is 15.9 Å². The average molecular weight is 298 g/mol. The zero-order chi connectivity index (χ0) is 12.6. The van der Waals surface area contributed by atoms with Crippen LogP contribution < -0.4 is 9.64 Å². The standard InChI is InChI=1S/C13H16BrNO2/c1-13(2,3)12(16)15-6-7-17-11-8-9(14)4-5-10(11)15/h4-5,8H,6-7H2,1-3H3. The first-order valence-corrected chi connectivity index (χ1v) is 6.43. The molecule has 0 bridgehead atoms. The molecule has 92 valence electrons. The molecule has 17 heavy (non-hydrogen) atoms. The molecule has 0 saturated heterocycles. The van der Waals surface area contributed by atoms with E-state index >= 15 is 0 Å². The van der Waals surface area contributed by atoms with E-state index in [9.17, 15) is 4.79 Å². The van der Waals surface area contributed by atoms with Gasteiger partial charge in [0.2, 0.25) is 5.91 Å². The summed E-state index contributed by atoms with van der Waals surface area (Å²) in [5, 5.41) is 0. The minimum absolute atomic E-state index is 0.129. The van der Waals surface area contributed by atoms with Crippen LogP contribution in [0.5, 0.6) is 5.75 Å². The van der Waals surface area contributed by atoms with Gasteiger partial charge in [-0.25, -0.2) is 0 Å². The lowest BCUT2D eigenvalue weighted by molar-refractivity contribution is -0.126. The normalized spacial score (nSPS) is 15.2. The Kier molecular flexibility index (Phi) is 3.17. The molecular weight excluding hydrogens is 282 g/mol.